The van der Waals surface area contributed by atoms with Crippen LogP contribution in [0.15, 0.2) is 54.6 Å². The van der Waals surface area contributed by atoms with E-state index in [0.29, 0.717) is 22.3 Å². The van der Waals surface area contributed by atoms with E-state index >= 15 is 0 Å². The lowest BCUT2D eigenvalue weighted by Crippen LogP contribution is -2.06. The molecule has 2 aromatic rings. The third-order valence-corrected chi connectivity index (χ3v) is 3.57. The molecule has 0 bridgehead atoms. The molecule has 4 nitrogen and oxygen atoms in total. The molecule has 3 rings (SSSR count). The lowest BCUT2D eigenvalue weighted by molar-refractivity contribution is -0.133. The van der Waals surface area contributed by atoms with Crippen LogP contribution in [0.3, 0.4) is 0 Å². The summed E-state index contributed by atoms with van der Waals surface area (Å²) in [4.78, 5) is 24.1. The molecule has 2 aromatic carbocycles. The second-order valence-electron chi connectivity index (χ2n) is 4.83. The van der Waals surface area contributed by atoms with Crippen LogP contribution in [0.25, 0.3) is 11.1 Å². The van der Waals surface area contributed by atoms with Crippen LogP contribution >= 0.6 is 0 Å². The molecule has 1 aliphatic heterocycles. The Hall–Kier alpha value is -2.88. The Kier molecular flexibility index (Phi) is 3.74. The largest absolute Gasteiger partial charge is 0.465 e. The quantitative estimate of drug-likeness (QED) is 0.817. The number of carbonyl (C=O) groups excluding carboxylic acids is 2. The molecule has 0 saturated heterocycles. The van der Waals surface area contributed by atoms with Crippen molar-refractivity contribution < 1.29 is 19.1 Å². The van der Waals surface area contributed by atoms with E-state index in [9.17, 15) is 9.59 Å². The van der Waals surface area contributed by atoms with E-state index in [-0.39, 0.29) is 12.6 Å². The monoisotopic (exact) mass is 294 g/mol. The standard InChI is InChI=1S/C18H14O4/c1-21-17(19)14-10-6-5-9-13(14)15-11-22-18(20)16(15)12-7-3-2-4-8-12/h2-10H,11H2,1H3. The van der Waals surface area contributed by atoms with Crippen molar-refractivity contribution in [3.63, 3.8) is 0 Å². The number of carbonyl (C=O) groups is 2. The van der Waals surface area contributed by atoms with Crippen molar-refractivity contribution >= 4 is 23.1 Å². The van der Waals surface area contributed by atoms with Gasteiger partial charge in [0.1, 0.15) is 6.61 Å². The summed E-state index contributed by atoms with van der Waals surface area (Å²) in [7, 11) is 1.34. The molecule has 0 N–H and O–H groups in total. The van der Waals surface area contributed by atoms with E-state index in [1.165, 1.54) is 7.11 Å². The number of esters is 2. The Labute approximate surface area is 128 Å². The van der Waals surface area contributed by atoms with Crippen LogP contribution in [0.1, 0.15) is 21.5 Å². The lowest BCUT2D eigenvalue weighted by atomic mass is 9.93. The van der Waals surface area contributed by atoms with E-state index in [4.69, 9.17) is 9.47 Å². The van der Waals surface area contributed by atoms with Crippen LogP contribution in [0, 0.1) is 0 Å². The Morgan fingerprint density at radius 2 is 1.73 bits per heavy atom. The second-order valence-corrected chi connectivity index (χ2v) is 4.83. The molecule has 1 heterocycles. The highest BCUT2D eigenvalue weighted by molar-refractivity contribution is 6.28. The minimum absolute atomic E-state index is 0.150. The van der Waals surface area contributed by atoms with Gasteiger partial charge in [0.25, 0.3) is 0 Å². The highest BCUT2D eigenvalue weighted by Crippen LogP contribution is 2.34. The number of rotatable bonds is 3. The predicted molar refractivity (Wildman–Crippen MR) is 82.0 cm³/mol. The van der Waals surface area contributed by atoms with Gasteiger partial charge < -0.3 is 9.47 Å². The van der Waals surface area contributed by atoms with Crippen molar-refractivity contribution in [2.75, 3.05) is 13.7 Å². The maximum atomic E-state index is 12.1. The molecule has 0 unspecified atom stereocenters. The molecule has 1 aliphatic rings. The van der Waals surface area contributed by atoms with Gasteiger partial charge >= 0.3 is 11.9 Å². The number of hydrogen-bond donors (Lipinski definition) is 0. The molecule has 0 atom stereocenters. The number of cyclic esters (lactones) is 1. The van der Waals surface area contributed by atoms with Gasteiger partial charge in [0, 0.05) is 5.57 Å². The van der Waals surface area contributed by atoms with Crippen molar-refractivity contribution in [2.24, 2.45) is 0 Å². The first-order valence-corrected chi connectivity index (χ1v) is 6.86. The summed E-state index contributed by atoms with van der Waals surface area (Å²) in [6.45, 7) is 0.150. The number of ether oxygens (including phenoxy) is 2. The normalized spacial score (nSPS) is 14.0. The molecule has 0 fully saturated rings. The van der Waals surface area contributed by atoms with Crippen molar-refractivity contribution in [1.82, 2.24) is 0 Å². The first-order chi connectivity index (χ1) is 10.7. The molecule has 22 heavy (non-hydrogen) atoms. The van der Waals surface area contributed by atoms with Crippen LogP contribution in [0.2, 0.25) is 0 Å². The highest BCUT2D eigenvalue weighted by atomic mass is 16.5. The Balaban J connectivity index is 2.20. The number of methoxy groups -OCH3 is 1. The van der Waals surface area contributed by atoms with Gasteiger partial charge in [0.05, 0.1) is 18.2 Å². The van der Waals surface area contributed by atoms with Crippen LogP contribution in [-0.2, 0) is 14.3 Å². The zero-order valence-corrected chi connectivity index (χ0v) is 12.0. The Bertz CT molecular complexity index is 760. The molecule has 0 saturated carbocycles. The molecule has 4 heteroatoms. The number of benzene rings is 2. The molecule has 0 aliphatic carbocycles. The lowest BCUT2D eigenvalue weighted by Gasteiger charge is -2.09. The van der Waals surface area contributed by atoms with Crippen molar-refractivity contribution in [3.8, 4) is 0 Å². The predicted octanol–water partition coefficient (Wildman–Crippen LogP) is 2.94. The molecular formula is C18H14O4. The van der Waals surface area contributed by atoms with Crippen molar-refractivity contribution in [3.05, 3.63) is 71.3 Å². The van der Waals surface area contributed by atoms with Gasteiger partial charge in [-0.3, -0.25) is 0 Å². The van der Waals surface area contributed by atoms with E-state index in [2.05, 4.69) is 0 Å². The van der Waals surface area contributed by atoms with Gasteiger partial charge in [-0.15, -0.1) is 0 Å². The van der Waals surface area contributed by atoms with Gasteiger partial charge in [0.15, 0.2) is 0 Å². The summed E-state index contributed by atoms with van der Waals surface area (Å²) in [5, 5.41) is 0. The van der Waals surface area contributed by atoms with Gasteiger partial charge in [-0.2, -0.15) is 0 Å². The van der Waals surface area contributed by atoms with Crippen molar-refractivity contribution in [1.29, 1.82) is 0 Å². The average molecular weight is 294 g/mol. The van der Waals surface area contributed by atoms with Gasteiger partial charge in [-0.1, -0.05) is 48.5 Å². The summed E-state index contributed by atoms with van der Waals surface area (Å²) in [5.41, 5.74) is 3.07. The minimum Gasteiger partial charge on any atom is -0.465 e. The van der Waals surface area contributed by atoms with E-state index in [1.54, 1.807) is 18.2 Å². The first kappa shape index (κ1) is 14.1. The third-order valence-electron chi connectivity index (χ3n) is 3.57. The van der Waals surface area contributed by atoms with Crippen LogP contribution < -0.4 is 0 Å². The average Bonchev–Trinajstić information content (AvgIpc) is 2.96. The number of hydrogen-bond acceptors (Lipinski definition) is 4. The topological polar surface area (TPSA) is 52.6 Å². The molecule has 110 valence electrons. The summed E-state index contributed by atoms with van der Waals surface area (Å²) in [6, 6.07) is 16.4. The summed E-state index contributed by atoms with van der Waals surface area (Å²) in [5.74, 6) is -0.810. The molecule has 0 amide bonds. The van der Waals surface area contributed by atoms with Crippen LogP contribution in [0.5, 0.6) is 0 Å². The second kappa shape index (κ2) is 5.85. The maximum absolute atomic E-state index is 12.1. The van der Waals surface area contributed by atoms with E-state index in [0.717, 1.165) is 5.56 Å². The fourth-order valence-electron chi connectivity index (χ4n) is 2.55. The zero-order valence-electron chi connectivity index (χ0n) is 12.0. The van der Waals surface area contributed by atoms with Crippen molar-refractivity contribution in [2.45, 2.75) is 0 Å². The molecular weight excluding hydrogens is 280 g/mol. The summed E-state index contributed by atoms with van der Waals surface area (Å²) >= 11 is 0. The third kappa shape index (κ3) is 2.39. The minimum atomic E-state index is -0.435. The van der Waals surface area contributed by atoms with E-state index in [1.807, 2.05) is 36.4 Å². The Morgan fingerprint density at radius 3 is 2.45 bits per heavy atom. The van der Waals surface area contributed by atoms with Crippen LogP contribution in [-0.4, -0.2) is 25.7 Å². The van der Waals surface area contributed by atoms with Gasteiger partial charge in [0.2, 0.25) is 0 Å². The van der Waals surface area contributed by atoms with Gasteiger partial charge in [-0.05, 0) is 17.2 Å². The van der Waals surface area contributed by atoms with Gasteiger partial charge in [-0.25, -0.2) is 9.59 Å². The molecule has 0 spiro atoms. The maximum Gasteiger partial charge on any atom is 0.339 e. The SMILES string of the molecule is COC(=O)c1ccccc1C1=C(c2ccccc2)C(=O)OC1. The molecule has 0 radical (unpaired) electrons. The summed E-state index contributed by atoms with van der Waals surface area (Å²) < 4.78 is 10.0. The van der Waals surface area contributed by atoms with Crippen LogP contribution in [0.4, 0.5) is 0 Å². The molecule has 0 aromatic heterocycles. The first-order valence-electron chi connectivity index (χ1n) is 6.86. The fraction of sp³-hybridized carbons (Fsp3) is 0.111. The Morgan fingerprint density at radius 1 is 1.05 bits per heavy atom. The smallest absolute Gasteiger partial charge is 0.339 e. The summed E-state index contributed by atoms with van der Waals surface area (Å²) in [6.07, 6.45) is 0. The highest BCUT2D eigenvalue weighted by Gasteiger charge is 2.29. The van der Waals surface area contributed by atoms with E-state index < -0.39 is 5.97 Å². The zero-order chi connectivity index (χ0) is 15.5. The fourth-order valence-corrected chi connectivity index (χ4v) is 2.55.